The van der Waals surface area contributed by atoms with Crippen LogP contribution in [0.1, 0.15) is 31.9 Å². The Bertz CT molecular complexity index is 1240. The lowest BCUT2D eigenvalue weighted by molar-refractivity contribution is -0.176. The quantitative estimate of drug-likeness (QED) is 0.278. The lowest BCUT2D eigenvalue weighted by Gasteiger charge is -2.45. The van der Waals surface area contributed by atoms with Crippen LogP contribution in [0.2, 0.25) is 0 Å². The molecule has 0 saturated carbocycles. The number of likely N-dealkylation sites (tertiary alicyclic amines) is 1. The Morgan fingerprint density at radius 2 is 1.49 bits per heavy atom. The number of amides is 2. The molecule has 0 aliphatic carbocycles. The Hall–Kier alpha value is -3.73. The van der Waals surface area contributed by atoms with Crippen LogP contribution in [0.4, 0.5) is 0 Å². The van der Waals surface area contributed by atoms with Crippen LogP contribution in [0.5, 0.6) is 0 Å². The van der Waals surface area contributed by atoms with E-state index < -0.39 is 69.5 Å². The monoisotopic (exact) mass is 530 g/mol. The molecular weight excluding hydrogens is 500 g/mol. The number of esters is 2. The zero-order valence-electron chi connectivity index (χ0n) is 20.9. The molecule has 1 heterocycles. The van der Waals surface area contributed by atoms with Crippen molar-refractivity contribution in [1.29, 1.82) is 0 Å². The zero-order valence-corrected chi connectivity index (χ0v) is 21.7. The number of carbonyl (C=O) groups is 4. The van der Waals surface area contributed by atoms with E-state index in [1.807, 2.05) is 0 Å². The molecule has 2 amide bonds. The van der Waals surface area contributed by atoms with Crippen molar-refractivity contribution in [3.05, 3.63) is 71.8 Å². The van der Waals surface area contributed by atoms with Gasteiger partial charge in [0.25, 0.3) is 0 Å². The van der Waals surface area contributed by atoms with Crippen molar-refractivity contribution < 1.29 is 37.1 Å². The van der Waals surface area contributed by atoms with E-state index in [4.69, 9.17) is 9.47 Å². The predicted octanol–water partition coefficient (Wildman–Crippen LogP) is 1.59. The van der Waals surface area contributed by atoms with E-state index >= 15 is 0 Å². The van der Waals surface area contributed by atoms with Crippen LogP contribution in [0.3, 0.4) is 0 Å². The molecule has 1 saturated heterocycles. The van der Waals surface area contributed by atoms with Crippen LogP contribution >= 0.6 is 0 Å². The largest absolute Gasteiger partial charge is 0.427 e. The second-order valence-corrected chi connectivity index (χ2v) is 11.8. The van der Waals surface area contributed by atoms with Gasteiger partial charge in [-0.1, -0.05) is 60.7 Å². The Kier molecular flexibility index (Phi) is 8.69. The summed E-state index contributed by atoms with van der Waals surface area (Å²) in [5.41, 5.74) is 0.385. The van der Waals surface area contributed by atoms with Gasteiger partial charge in [-0.15, -0.1) is 0 Å². The number of ether oxygens (including phenoxy) is 2. The normalized spacial score (nSPS) is 17.5. The molecule has 3 rings (SSSR count). The molecular formula is C26H30N2O8S. The highest BCUT2D eigenvalue weighted by Crippen LogP contribution is 2.28. The molecule has 37 heavy (non-hydrogen) atoms. The fraction of sp³-hybridized carbons (Fsp3) is 0.385. The molecule has 2 aromatic rings. The number of nitrogens with zero attached hydrogens (tertiary/aromatic N) is 1. The van der Waals surface area contributed by atoms with Crippen molar-refractivity contribution in [3.63, 3.8) is 0 Å². The number of carbonyl (C=O) groups excluding carboxylic acids is 4. The van der Waals surface area contributed by atoms with E-state index in [9.17, 15) is 27.6 Å². The first-order chi connectivity index (χ1) is 17.4. The molecule has 1 aliphatic heterocycles. The summed E-state index contributed by atoms with van der Waals surface area (Å²) in [6, 6.07) is 15.8. The number of benzene rings is 2. The molecule has 10 nitrogen and oxygen atoms in total. The Labute approximate surface area is 215 Å². The number of nitrogens with one attached hydrogen (secondary N) is 1. The summed E-state index contributed by atoms with van der Waals surface area (Å²) in [4.78, 5) is 50.5. The van der Waals surface area contributed by atoms with Gasteiger partial charge in [-0.25, -0.2) is 8.42 Å². The average molecular weight is 531 g/mol. The lowest BCUT2D eigenvalue weighted by atomic mass is 9.98. The molecule has 198 valence electrons. The summed E-state index contributed by atoms with van der Waals surface area (Å²) in [5, 5.41) is 1.04. The zero-order chi connectivity index (χ0) is 27.2. The van der Waals surface area contributed by atoms with Crippen molar-refractivity contribution in [2.45, 2.75) is 44.4 Å². The first kappa shape index (κ1) is 27.9. The van der Waals surface area contributed by atoms with Gasteiger partial charge in [-0.3, -0.25) is 19.2 Å². The highest BCUT2D eigenvalue weighted by molar-refractivity contribution is 7.91. The minimum Gasteiger partial charge on any atom is -0.427 e. The molecule has 2 aromatic carbocycles. The van der Waals surface area contributed by atoms with Gasteiger partial charge in [0.05, 0.1) is 17.6 Å². The first-order valence-corrected chi connectivity index (χ1v) is 13.3. The number of hydrogen-bond donors (Lipinski definition) is 1. The average Bonchev–Trinajstić information content (AvgIpc) is 2.83. The van der Waals surface area contributed by atoms with E-state index in [2.05, 4.69) is 5.32 Å². The summed E-state index contributed by atoms with van der Waals surface area (Å²) in [6.45, 7) is 3.53. The topological polar surface area (TPSA) is 136 Å². The molecule has 11 heteroatoms. The second-order valence-electron chi connectivity index (χ2n) is 9.67. The summed E-state index contributed by atoms with van der Waals surface area (Å²) in [7, 11) is -4.03. The molecule has 1 fully saturated rings. The third-order valence-corrected chi connectivity index (χ3v) is 7.56. The summed E-state index contributed by atoms with van der Waals surface area (Å²) in [6.07, 6.45) is -0.0444. The maximum Gasteiger partial charge on any atom is 0.328 e. The van der Waals surface area contributed by atoms with Crippen LogP contribution < -0.4 is 5.32 Å². The van der Waals surface area contributed by atoms with Crippen LogP contribution in [0.25, 0.3) is 0 Å². The standard InChI is InChI=1S/C26H30N2O8S/c1-26(2,3)25(32)36-17-35-21(30)15-28-23(31)22(27-20(29)14-18-10-6-4-7-11-18)24(28)37(33,34)16-19-12-8-5-9-13-19/h4-13,22,24H,14-17H2,1-3H3,(H,27,29)/t22-,24-/m1/s1. The van der Waals surface area contributed by atoms with Gasteiger partial charge in [0.15, 0.2) is 15.2 Å². The summed E-state index contributed by atoms with van der Waals surface area (Å²) < 4.78 is 36.4. The Morgan fingerprint density at radius 3 is 2.05 bits per heavy atom. The van der Waals surface area contributed by atoms with Crippen molar-refractivity contribution in [2.24, 2.45) is 5.41 Å². The predicted molar refractivity (Wildman–Crippen MR) is 133 cm³/mol. The van der Waals surface area contributed by atoms with Crippen molar-refractivity contribution in [1.82, 2.24) is 10.2 Å². The third kappa shape index (κ3) is 7.39. The minimum absolute atomic E-state index is 0.0444. The van der Waals surface area contributed by atoms with Crippen LogP contribution in [0, 0.1) is 5.41 Å². The van der Waals surface area contributed by atoms with E-state index in [0.29, 0.717) is 11.1 Å². The molecule has 0 spiro atoms. The van der Waals surface area contributed by atoms with Gasteiger partial charge in [0.2, 0.25) is 18.6 Å². The number of β-lactam (4-membered cyclic amide) rings is 1. The fourth-order valence-corrected chi connectivity index (χ4v) is 5.67. The van der Waals surface area contributed by atoms with Crippen molar-refractivity contribution in [2.75, 3.05) is 13.3 Å². The van der Waals surface area contributed by atoms with Crippen LogP contribution in [0.15, 0.2) is 60.7 Å². The molecule has 1 N–H and O–H groups in total. The molecule has 0 bridgehead atoms. The van der Waals surface area contributed by atoms with Crippen LogP contribution in [-0.2, 0) is 50.7 Å². The first-order valence-electron chi connectivity index (χ1n) is 11.6. The van der Waals surface area contributed by atoms with E-state index in [0.717, 1.165) is 4.90 Å². The second kappa shape index (κ2) is 11.5. The summed E-state index contributed by atoms with van der Waals surface area (Å²) >= 11 is 0. The SMILES string of the molecule is CC(C)(C)C(=O)OCOC(=O)CN1C(=O)[C@@H](NC(=O)Cc2ccccc2)[C@H]1S(=O)(=O)Cc1ccccc1. The Balaban J connectivity index is 1.71. The van der Waals surface area contributed by atoms with Crippen molar-refractivity contribution >= 4 is 33.6 Å². The number of hydrogen-bond acceptors (Lipinski definition) is 8. The van der Waals surface area contributed by atoms with E-state index in [1.165, 1.54) is 0 Å². The van der Waals surface area contributed by atoms with Gasteiger partial charge < -0.3 is 19.7 Å². The molecule has 0 aromatic heterocycles. The maximum absolute atomic E-state index is 13.3. The molecule has 1 aliphatic rings. The molecule has 0 radical (unpaired) electrons. The van der Waals surface area contributed by atoms with Gasteiger partial charge in [-0.05, 0) is 31.9 Å². The lowest BCUT2D eigenvalue weighted by Crippen LogP contribution is -2.74. The van der Waals surface area contributed by atoms with Gasteiger partial charge in [0, 0.05) is 0 Å². The molecule has 2 atom stereocenters. The number of sulfone groups is 1. The fourth-order valence-electron chi connectivity index (χ4n) is 3.67. The number of rotatable bonds is 10. The van der Waals surface area contributed by atoms with Crippen molar-refractivity contribution in [3.8, 4) is 0 Å². The van der Waals surface area contributed by atoms with Crippen LogP contribution in [-0.4, -0.2) is 61.8 Å². The third-order valence-electron chi connectivity index (χ3n) is 5.57. The maximum atomic E-state index is 13.3. The highest BCUT2D eigenvalue weighted by Gasteiger charge is 2.55. The smallest absolute Gasteiger partial charge is 0.328 e. The van der Waals surface area contributed by atoms with Gasteiger partial charge in [0.1, 0.15) is 12.6 Å². The highest BCUT2D eigenvalue weighted by atomic mass is 32.2. The molecule has 0 unspecified atom stereocenters. The van der Waals surface area contributed by atoms with E-state index in [1.54, 1.807) is 81.4 Å². The Morgan fingerprint density at radius 1 is 0.919 bits per heavy atom. The van der Waals surface area contributed by atoms with Gasteiger partial charge in [-0.2, -0.15) is 0 Å². The minimum atomic E-state index is -4.03. The van der Waals surface area contributed by atoms with E-state index in [-0.39, 0.29) is 6.42 Å². The summed E-state index contributed by atoms with van der Waals surface area (Å²) in [5.74, 6) is -3.20. The van der Waals surface area contributed by atoms with Gasteiger partial charge >= 0.3 is 11.9 Å².